The highest BCUT2D eigenvalue weighted by molar-refractivity contribution is 4.90. The topological polar surface area (TPSA) is 30.5 Å². The van der Waals surface area contributed by atoms with Crippen LogP contribution in [0.15, 0.2) is 0 Å². The minimum absolute atomic E-state index is 0.241. The van der Waals surface area contributed by atoms with Gasteiger partial charge in [-0.1, -0.05) is 0 Å². The Morgan fingerprint density at radius 3 is 2.22 bits per heavy atom. The van der Waals surface area contributed by atoms with Gasteiger partial charge in [0.15, 0.2) is 5.79 Å². The van der Waals surface area contributed by atoms with Crippen LogP contribution in [0, 0.1) is 6.42 Å². The van der Waals surface area contributed by atoms with Crippen LogP contribution in [-0.4, -0.2) is 32.1 Å². The van der Waals surface area contributed by atoms with Crippen molar-refractivity contribution >= 4 is 0 Å². The summed E-state index contributed by atoms with van der Waals surface area (Å²) in [6.07, 6.45) is 1.99. The fourth-order valence-electron chi connectivity index (χ4n) is 1.04. The molecule has 0 atom stereocenters. The predicted molar refractivity (Wildman–Crippen MR) is 31.8 cm³/mol. The molecular weight excluding hydrogens is 118 g/mol. The van der Waals surface area contributed by atoms with Crippen LogP contribution in [-0.2, 0) is 9.47 Å². The molecule has 3 nitrogen and oxygen atoms in total. The Labute approximate surface area is 54.3 Å². The first-order valence-corrected chi connectivity index (χ1v) is 3.22. The maximum absolute atomic E-state index is 5.36. The van der Waals surface area contributed by atoms with Crippen LogP contribution in [0.1, 0.15) is 0 Å². The van der Waals surface area contributed by atoms with Crippen molar-refractivity contribution in [3.05, 3.63) is 6.42 Å². The molecule has 0 amide bonds. The Bertz CT molecular complexity index is 104. The van der Waals surface area contributed by atoms with E-state index in [0.29, 0.717) is 0 Å². The zero-order chi connectivity index (χ0) is 6.16. The lowest BCUT2D eigenvalue weighted by molar-refractivity contribution is -0.273. The molecule has 0 saturated carbocycles. The van der Waals surface area contributed by atoms with Gasteiger partial charge >= 0.3 is 0 Å². The molecule has 0 bridgehead atoms. The smallest absolute Gasteiger partial charge is 0.193 e. The van der Waals surface area contributed by atoms with E-state index in [-0.39, 0.29) is 5.79 Å². The van der Waals surface area contributed by atoms with E-state index < -0.39 is 0 Å². The van der Waals surface area contributed by atoms with Gasteiger partial charge in [0, 0.05) is 6.42 Å². The molecule has 2 fully saturated rings. The van der Waals surface area contributed by atoms with Gasteiger partial charge < -0.3 is 14.8 Å². The third-order valence-electron chi connectivity index (χ3n) is 1.72. The third kappa shape index (κ3) is 0.852. The first-order chi connectivity index (χ1) is 4.41. The quantitative estimate of drug-likeness (QED) is 0.478. The van der Waals surface area contributed by atoms with Gasteiger partial charge in [-0.15, -0.1) is 0 Å². The minimum atomic E-state index is -0.241. The van der Waals surface area contributed by atoms with Crippen LogP contribution in [0.3, 0.4) is 0 Å². The highest BCUT2D eigenvalue weighted by Gasteiger charge is 2.40. The summed E-state index contributed by atoms with van der Waals surface area (Å²) in [7, 11) is 0. The lowest BCUT2D eigenvalue weighted by atomic mass is 10.1. The highest BCUT2D eigenvalue weighted by atomic mass is 16.7. The summed E-state index contributed by atoms with van der Waals surface area (Å²) in [6.45, 7) is 3.17. The summed E-state index contributed by atoms with van der Waals surface area (Å²) < 4.78 is 10.7. The standard InChI is InChI=1S/C6H10NO2/c1-2-8-6(9-3-1)4-7-5-6/h1,7H,2-5H2. The first-order valence-electron chi connectivity index (χ1n) is 3.22. The largest absolute Gasteiger partial charge is 0.347 e. The van der Waals surface area contributed by atoms with Gasteiger partial charge in [-0.25, -0.2) is 0 Å². The lowest BCUT2D eigenvalue weighted by Crippen LogP contribution is -2.64. The van der Waals surface area contributed by atoms with Crippen LogP contribution < -0.4 is 5.32 Å². The molecule has 2 saturated heterocycles. The molecule has 1 N–H and O–H groups in total. The van der Waals surface area contributed by atoms with Crippen molar-refractivity contribution < 1.29 is 9.47 Å². The molecule has 2 rings (SSSR count). The Morgan fingerprint density at radius 2 is 1.89 bits per heavy atom. The van der Waals surface area contributed by atoms with Crippen LogP contribution >= 0.6 is 0 Å². The van der Waals surface area contributed by atoms with Crippen molar-refractivity contribution in [3.63, 3.8) is 0 Å². The molecule has 51 valence electrons. The maximum Gasteiger partial charge on any atom is 0.193 e. The van der Waals surface area contributed by atoms with E-state index in [9.17, 15) is 0 Å². The number of hydrogen-bond donors (Lipinski definition) is 1. The molecule has 2 aliphatic rings. The summed E-state index contributed by atoms with van der Waals surface area (Å²) in [5.41, 5.74) is 0. The molecule has 0 aromatic rings. The number of ether oxygens (including phenoxy) is 2. The molecule has 3 heteroatoms. The molecule has 0 unspecified atom stereocenters. The molecule has 2 heterocycles. The molecular formula is C6H10NO2. The van der Waals surface area contributed by atoms with Gasteiger partial charge in [-0.2, -0.15) is 0 Å². The van der Waals surface area contributed by atoms with Crippen LogP contribution in [0.2, 0.25) is 0 Å². The molecule has 9 heavy (non-hydrogen) atoms. The molecule has 0 aliphatic carbocycles. The van der Waals surface area contributed by atoms with E-state index in [1.54, 1.807) is 0 Å². The van der Waals surface area contributed by atoms with Gasteiger partial charge in [-0.3, -0.25) is 0 Å². The average molecular weight is 128 g/mol. The van der Waals surface area contributed by atoms with E-state index in [4.69, 9.17) is 9.47 Å². The Balaban J connectivity index is 1.93. The van der Waals surface area contributed by atoms with Crippen molar-refractivity contribution in [2.45, 2.75) is 5.79 Å². The van der Waals surface area contributed by atoms with E-state index in [1.807, 2.05) is 6.42 Å². The summed E-state index contributed by atoms with van der Waals surface area (Å²) >= 11 is 0. The van der Waals surface area contributed by atoms with Gasteiger partial charge in [0.05, 0.1) is 26.3 Å². The Morgan fingerprint density at radius 1 is 1.22 bits per heavy atom. The summed E-state index contributed by atoms with van der Waals surface area (Å²) in [6, 6.07) is 0. The van der Waals surface area contributed by atoms with Crippen LogP contribution in [0.5, 0.6) is 0 Å². The van der Waals surface area contributed by atoms with Crippen molar-refractivity contribution in [1.29, 1.82) is 0 Å². The minimum Gasteiger partial charge on any atom is -0.347 e. The van der Waals surface area contributed by atoms with Gasteiger partial charge in [0.25, 0.3) is 0 Å². The summed E-state index contributed by atoms with van der Waals surface area (Å²) in [5, 5.41) is 3.11. The second-order valence-electron chi connectivity index (χ2n) is 2.42. The molecule has 2 aliphatic heterocycles. The van der Waals surface area contributed by atoms with Crippen LogP contribution in [0.25, 0.3) is 0 Å². The normalized spacial score (nSPS) is 32.0. The van der Waals surface area contributed by atoms with E-state index in [0.717, 1.165) is 26.3 Å². The summed E-state index contributed by atoms with van der Waals surface area (Å²) in [5.74, 6) is -0.241. The Hall–Kier alpha value is -0.120. The molecule has 1 radical (unpaired) electrons. The van der Waals surface area contributed by atoms with Crippen molar-refractivity contribution in [3.8, 4) is 0 Å². The Kier molecular flexibility index (Phi) is 1.22. The van der Waals surface area contributed by atoms with Gasteiger partial charge in [0.2, 0.25) is 0 Å². The second kappa shape index (κ2) is 1.94. The zero-order valence-corrected chi connectivity index (χ0v) is 5.22. The predicted octanol–water partition coefficient (Wildman–Crippen LogP) is -0.463. The number of hydrogen-bond acceptors (Lipinski definition) is 3. The fraction of sp³-hybridized carbons (Fsp3) is 0.833. The maximum atomic E-state index is 5.36. The monoisotopic (exact) mass is 128 g/mol. The lowest BCUT2D eigenvalue weighted by Gasteiger charge is -2.44. The highest BCUT2D eigenvalue weighted by Crippen LogP contribution is 2.21. The number of nitrogens with one attached hydrogen (secondary N) is 1. The SMILES string of the molecule is [CH]1COC2(CNC2)OC1. The van der Waals surface area contributed by atoms with E-state index in [2.05, 4.69) is 5.32 Å². The van der Waals surface area contributed by atoms with Crippen molar-refractivity contribution in [2.75, 3.05) is 26.3 Å². The van der Waals surface area contributed by atoms with E-state index >= 15 is 0 Å². The van der Waals surface area contributed by atoms with Gasteiger partial charge in [0.1, 0.15) is 0 Å². The second-order valence-corrected chi connectivity index (χ2v) is 2.42. The van der Waals surface area contributed by atoms with E-state index in [1.165, 1.54) is 0 Å². The summed E-state index contributed by atoms with van der Waals surface area (Å²) in [4.78, 5) is 0. The molecule has 1 spiro atoms. The molecule has 0 aromatic carbocycles. The average Bonchev–Trinajstić information content (AvgIpc) is 1.87. The van der Waals surface area contributed by atoms with Gasteiger partial charge in [-0.05, 0) is 0 Å². The molecule has 0 aromatic heterocycles. The zero-order valence-electron chi connectivity index (χ0n) is 5.22. The number of rotatable bonds is 0. The fourth-order valence-corrected chi connectivity index (χ4v) is 1.04. The third-order valence-corrected chi connectivity index (χ3v) is 1.72. The van der Waals surface area contributed by atoms with Crippen molar-refractivity contribution in [2.24, 2.45) is 0 Å². The van der Waals surface area contributed by atoms with Crippen LogP contribution in [0.4, 0.5) is 0 Å². The van der Waals surface area contributed by atoms with Crippen molar-refractivity contribution in [1.82, 2.24) is 5.32 Å². The first kappa shape index (κ1) is 5.65.